The lowest BCUT2D eigenvalue weighted by Crippen LogP contribution is -2.36. The van der Waals surface area contributed by atoms with Crippen LogP contribution in [-0.2, 0) is 0 Å². The predicted molar refractivity (Wildman–Crippen MR) is 63.2 cm³/mol. The number of nitrogens with zero attached hydrogens (tertiary/aromatic N) is 2. The Morgan fingerprint density at radius 3 is 2.67 bits per heavy atom. The first-order chi connectivity index (χ1) is 6.79. The molecule has 0 aromatic carbocycles. The highest BCUT2D eigenvalue weighted by molar-refractivity contribution is 6.30. The summed E-state index contributed by atoms with van der Waals surface area (Å²) < 4.78 is 0. The third-order valence-corrected chi connectivity index (χ3v) is 2.05. The summed E-state index contributed by atoms with van der Waals surface area (Å²) in [6.07, 6.45) is 1.54. The van der Waals surface area contributed by atoms with E-state index in [4.69, 9.17) is 17.3 Å². The Balaban J connectivity index is 2.87. The molecule has 0 aliphatic heterocycles. The van der Waals surface area contributed by atoms with Crippen molar-refractivity contribution in [1.82, 2.24) is 4.98 Å². The molecule has 0 bridgehead atoms. The van der Waals surface area contributed by atoms with Gasteiger partial charge in [0.15, 0.2) is 5.82 Å². The molecule has 4 nitrogen and oxygen atoms in total. The normalized spacial score (nSPS) is 11.5. The minimum atomic E-state index is -0.789. The van der Waals surface area contributed by atoms with Crippen LogP contribution in [0.25, 0.3) is 0 Å². The van der Waals surface area contributed by atoms with Crippen LogP contribution in [0.15, 0.2) is 12.3 Å². The van der Waals surface area contributed by atoms with Crippen molar-refractivity contribution in [1.29, 1.82) is 0 Å². The topological polar surface area (TPSA) is 62.4 Å². The highest BCUT2D eigenvalue weighted by Crippen LogP contribution is 2.23. The molecule has 0 aliphatic rings. The lowest BCUT2D eigenvalue weighted by molar-refractivity contribution is 0.0885. The van der Waals surface area contributed by atoms with Crippen LogP contribution < -0.4 is 10.6 Å². The van der Waals surface area contributed by atoms with Crippen molar-refractivity contribution in [3.05, 3.63) is 17.3 Å². The Bertz CT molecular complexity index is 349. The number of hydrogen-bond donors (Lipinski definition) is 2. The molecule has 0 spiro atoms. The average Bonchev–Trinajstić information content (AvgIpc) is 1.99. The lowest BCUT2D eigenvalue weighted by atomic mass is 10.1. The Hall–Kier alpha value is -1.00. The molecule has 15 heavy (non-hydrogen) atoms. The summed E-state index contributed by atoms with van der Waals surface area (Å²) >= 11 is 5.74. The van der Waals surface area contributed by atoms with Gasteiger partial charge < -0.3 is 15.7 Å². The van der Waals surface area contributed by atoms with Crippen LogP contribution in [0, 0.1) is 0 Å². The van der Waals surface area contributed by atoms with E-state index in [-0.39, 0.29) is 0 Å². The number of pyridine rings is 1. The molecular formula is C10H16ClN3O. The largest absolute Gasteiger partial charge is 0.396 e. The molecule has 1 aromatic rings. The van der Waals surface area contributed by atoms with Gasteiger partial charge in [-0.2, -0.15) is 0 Å². The van der Waals surface area contributed by atoms with Gasteiger partial charge in [0.2, 0.25) is 0 Å². The number of nitrogens with two attached hydrogens (primary N) is 1. The van der Waals surface area contributed by atoms with E-state index in [1.807, 2.05) is 7.05 Å². The molecule has 1 rings (SSSR count). The molecule has 0 unspecified atom stereocenters. The van der Waals surface area contributed by atoms with Crippen molar-refractivity contribution >= 4 is 23.1 Å². The fourth-order valence-electron chi connectivity index (χ4n) is 1.42. The molecule has 1 heterocycles. The second-order valence-corrected chi connectivity index (χ2v) is 4.67. The van der Waals surface area contributed by atoms with Crippen LogP contribution >= 0.6 is 11.6 Å². The fourth-order valence-corrected chi connectivity index (χ4v) is 1.59. The third kappa shape index (κ3) is 3.57. The smallest absolute Gasteiger partial charge is 0.151 e. The first-order valence-corrected chi connectivity index (χ1v) is 5.02. The molecule has 5 heteroatoms. The van der Waals surface area contributed by atoms with E-state index in [0.29, 0.717) is 23.1 Å². The minimum Gasteiger partial charge on any atom is -0.396 e. The second kappa shape index (κ2) is 4.24. The van der Waals surface area contributed by atoms with Crippen molar-refractivity contribution in [2.45, 2.75) is 19.4 Å². The van der Waals surface area contributed by atoms with E-state index in [0.717, 1.165) is 0 Å². The van der Waals surface area contributed by atoms with Gasteiger partial charge in [0.1, 0.15) is 0 Å². The van der Waals surface area contributed by atoms with E-state index >= 15 is 0 Å². The summed E-state index contributed by atoms with van der Waals surface area (Å²) in [4.78, 5) is 5.92. The average molecular weight is 230 g/mol. The molecule has 0 atom stereocenters. The van der Waals surface area contributed by atoms with Crippen LogP contribution in [-0.4, -0.2) is 29.3 Å². The van der Waals surface area contributed by atoms with Crippen LogP contribution in [0.3, 0.4) is 0 Å². The first kappa shape index (κ1) is 12.1. The van der Waals surface area contributed by atoms with Gasteiger partial charge >= 0.3 is 0 Å². The van der Waals surface area contributed by atoms with E-state index < -0.39 is 5.60 Å². The monoisotopic (exact) mass is 229 g/mol. The van der Waals surface area contributed by atoms with E-state index in [1.165, 1.54) is 6.20 Å². The number of anilines is 2. The van der Waals surface area contributed by atoms with Crippen molar-refractivity contribution in [3.63, 3.8) is 0 Å². The zero-order chi connectivity index (χ0) is 11.6. The third-order valence-electron chi connectivity index (χ3n) is 1.85. The number of rotatable bonds is 3. The number of hydrogen-bond acceptors (Lipinski definition) is 4. The van der Waals surface area contributed by atoms with E-state index in [9.17, 15) is 5.11 Å². The zero-order valence-electron chi connectivity index (χ0n) is 9.16. The number of aromatic nitrogens is 1. The van der Waals surface area contributed by atoms with Gasteiger partial charge in [0.25, 0.3) is 0 Å². The molecule has 0 fully saturated rings. The molecule has 3 N–H and O–H groups in total. The number of nitrogen functional groups attached to an aromatic ring is 1. The Morgan fingerprint density at radius 1 is 1.60 bits per heavy atom. The van der Waals surface area contributed by atoms with Crippen molar-refractivity contribution in [2.24, 2.45) is 0 Å². The predicted octanol–water partition coefficient (Wildman–Crippen LogP) is 1.52. The summed E-state index contributed by atoms with van der Waals surface area (Å²) in [6, 6.07) is 1.64. The van der Waals surface area contributed by atoms with Crippen LogP contribution in [0.1, 0.15) is 13.8 Å². The van der Waals surface area contributed by atoms with E-state index in [2.05, 4.69) is 4.98 Å². The van der Waals surface area contributed by atoms with Crippen molar-refractivity contribution < 1.29 is 5.11 Å². The van der Waals surface area contributed by atoms with Gasteiger partial charge in [-0.25, -0.2) is 4.98 Å². The maximum atomic E-state index is 9.66. The van der Waals surface area contributed by atoms with Gasteiger partial charge in [-0.15, -0.1) is 0 Å². The van der Waals surface area contributed by atoms with Crippen LogP contribution in [0.4, 0.5) is 11.5 Å². The maximum absolute atomic E-state index is 9.66. The lowest BCUT2D eigenvalue weighted by Gasteiger charge is -2.27. The number of aliphatic hydroxyl groups is 1. The van der Waals surface area contributed by atoms with Crippen LogP contribution in [0.5, 0.6) is 0 Å². The van der Waals surface area contributed by atoms with Gasteiger partial charge in [-0.05, 0) is 19.9 Å². The molecule has 1 aromatic heterocycles. The molecule has 0 radical (unpaired) electrons. The Morgan fingerprint density at radius 2 is 2.20 bits per heavy atom. The standard InChI is InChI=1S/C10H16ClN3O/c1-10(2,15)6-14(3)9-8(12)4-7(11)5-13-9/h4-5,15H,6,12H2,1-3H3. The molecule has 0 saturated carbocycles. The molecule has 0 saturated heterocycles. The highest BCUT2D eigenvalue weighted by Gasteiger charge is 2.18. The second-order valence-electron chi connectivity index (χ2n) is 4.23. The molecule has 84 valence electrons. The molecule has 0 aliphatic carbocycles. The van der Waals surface area contributed by atoms with Gasteiger partial charge in [-0.3, -0.25) is 0 Å². The van der Waals surface area contributed by atoms with Gasteiger partial charge in [0.05, 0.1) is 16.3 Å². The summed E-state index contributed by atoms with van der Waals surface area (Å²) in [5.41, 5.74) is 5.49. The first-order valence-electron chi connectivity index (χ1n) is 4.64. The fraction of sp³-hybridized carbons (Fsp3) is 0.500. The number of likely N-dealkylation sites (N-methyl/N-ethyl adjacent to an activating group) is 1. The van der Waals surface area contributed by atoms with Gasteiger partial charge in [-0.1, -0.05) is 11.6 Å². The summed E-state index contributed by atoms with van der Waals surface area (Å²) in [6.45, 7) is 3.91. The van der Waals surface area contributed by atoms with E-state index in [1.54, 1.807) is 24.8 Å². The van der Waals surface area contributed by atoms with Crippen molar-refractivity contribution in [3.8, 4) is 0 Å². The van der Waals surface area contributed by atoms with Crippen molar-refractivity contribution in [2.75, 3.05) is 24.2 Å². The zero-order valence-corrected chi connectivity index (χ0v) is 9.91. The molecular weight excluding hydrogens is 214 g/mol. The molecule has 0 amide bonds. The van der Waals surface area contributed by atoms with Crippen LogP contribution in [0.2, 0.25) is 5.02 Å². The highest BCUT2D eigenvalue weighted by atomic mass is 35.5. The SMILES string of the molecule is CN(CC(C)(C)O)c1ncc(Cl)cc1N. The summed E-state index contributed by atoms with van der Waals surface area (Å²) in [5.74, 6) is 0.626. The summed E-state index contributed by atoms with van der Waals surface area (Å²) in [5, 5.41) is 10.2. The summed E-state index contributed by atoms with van der Waals surface area (Å²) in [7, 11) is 1.82. The number of halogens is 1. The minimum absolute atomic E-state index is 0.450. The van der Waals surface area contributed by atoms with Gasteiger partial charge in [0, 0.05) is 19.8 Å². The maximum Gasteiger partial charge on any atom is 0.151 e. The Labute approximate surface area is 94.7 Å². The quantitative estimate of drug-likeness (QED) is 0.825. The Kier molecular flexibility index (Phi) is 3.42.